The quantitative estimate of drug-likeness (QED) is 0.254. The van der Waals surface area contributed by atoms with Crippen LogP contribution in [0.5, 0.6) is 0 Å². The maximum Gasteiger partial charge on any atom is 0.264 e. The molecule has 1 aliphatic carbocycles. The fourth-order valence-corrected chi connectivity index (χ4v) is 7.00. The van der Waals surface area contributed by atoms with Crippen molar-refractivity contribution in [1.82, 2.24) is 10.2 Å². The van der Waals surface area contributed by atoms with E-state index in [4.69, 9.17) is 11.6 Å². The molecule has 1 fully saturated rings. The van der Waals surface area contributed by atoms with Gasteiger partial charge in [0, 0.05) is 17.6 Å². The molecule has 0 radical (unpaired) electrons. The van der Waals surface area contributed by atoms with Gasteiger partial charge in [-0.3, -0.25) is 13.9 Å². The van der Waals surface area contributed by atoms with Gasteiger partial charge in [-0.15, -0.1) is 0 Å². The molecule has 1 N–H and O–H groups in total. The Hall–Kier alpha value is -3.36. The molecule has 3 aromatic rings. The molecule has 4 rings (SSSR count). The molecule has 0 unspecified atom stereocenters. The summed E-state index contributed by atoms with van der Waals surface area (Å²) < 4.78 is 29.2. The largest absolute Gasteiger partial charge is 0.352 e. The van der Waals surface area contributed by atoms with Gasteiger partial charge < -0.3 is 10.2 Å². The Balaban J connectivity index is 1.69. The number of hydrogen-bond donors (Lipinski definition) is 1. The van der Waals surface area contributed by atoms with Crippen LogP contribution >= 0.6 is 11.6 Å². The van der Waals surface area contributed by atoms with Crippen LogP contribution in [0.2, 0.25) is 5.02 Å². The average Bonchev–Trinajstić information content (AvgIpc) is 2.99. The summed E-state index contributed by atoms with van der Waals surface area (Å²) in [5, 5.41) is 3.64. The summed E-state index contributed by atoms with van der Waals surface area (Å²) in [5.74, 6) is -0.485. The Morgan fingerprint density at radius 2 is 1.58 bits per heavy atom. The van der Waals surface area contributed by atoms with Gasteiger partial charge in [0.15, 0.2) is 0 Å². The second-order valence-electron chi connectivity index (χ2n) is 11.7. The van der Waals surface area contributed by atoms with Gasteiger partial charge >= 0.3 is 0 Å². The van der Waals surface area contributed by atoms with Crippen LogP contribution < -0.4 is 9.62 Å². The Kier molecular flexibility index (Phi) is 10.9. The number of anilines is 1. The van der Waals surface area contributed by atoms with Crippen molar-refractivity contribution in [2.45, 2.75) is 89.2 Å². The molecule has 0 aromatic heterocycles. The molecule has 1 aliphatic rings. The third-order valence-corrected chi connectivity index (χ3v) is 10.1. The standard InChI is InChI=1S/C34H42ClN3O4S/c1-24(2)28-15-17-31(18-16-28)38(43(41,42)32-19-13-25(3)14-20-32)23-33(39)37(22-27-9-8-10-29(35)21-27)26(4)34(40)36-30-11-6-5-7-12-30/h8-10,13-21,24,26,30H,5-7,11-12,22-23H2,1-4H3,(H,36,40)/t26-/m1/s1. The monoisotopic (exact) mass is 623 g/mol. The van der Waals surface area contributed by atoms with Crippen LogP contribution in [0.15, 0.2) is 77.7 Å². The zero-order valence-corrected chi connectivity index (χ0v) is 27.0. The number of rotatable bonds is 11. The van der Waals surface area contributed by atoms with Crippen LogP contribution in [0.3, 0.4) is 0 Å². The first-order chi connectivity index (χ1) is 20.5. The third kappa shape index (κ3) is 8.39. The van der Waals surface area contributed by atoms with Crippen molar-refractivity contribution >= 4 is 39.1 Å². The van der Waals surface area contributed by atoms with Crippen LogP contribution in [-0.4, -0.2) is 43.8 Å². The Labute approximate surface area is 261 Å². The highest BCUT2D eigenvalue weighted by Crippen LogP contribution is 2.27. The molecule has 0 spiro atoms. The lowest BCUT2D eigenvalue weighted by molar-refractivity contribution is -0.139. The van der Waals surface area contributed by atoms with Crippen molar-refractivity contribution in [2.24, 2.45) is 0 Å². The number of halogens is 1. The van der Waals surface area contributed by atoms with Crippen molar-refractivity contribution in [3.8, 4) is 0 Å². The summed E-state index contributed by atoms with van der Waals surface area (Å²) >= 11 is 6.25. The van der Waals surface area contributed by atoms with E-state index in [-0.39, 0.29) is 29.3 Å². The highest BCUT2D eigenvalue weighted by molar-refractivity contribution is 7.92. The Morgan fingerprint density at radius 1 is 0.930 bits per heavy atom. The van der Waals surface area contributed by atoms with E-state index in [0.717, 1.165) is 53.1 Å². The summed E-state index contributed by atoms with van der Waals surface area (Å²) in [7, 11) is -4.12. The van der Waals surface area contributed by atoms with E-state index in [1.807, 2.05) is 25.1 Å². The summed E-state index contributed by atoms with van der Waals surface area (Å²) in [6.45, 7) is 7.33. The lowest BCUT2D eigenvalue weighted by atomic mass is 9.95. The van der Waals surface area contributed by atoms with Crippen LogP contribution in [0.1, 0.15) is 75.5 Å². The van der Waals surface area contributed by atoms with E-state index in [0.29, 0.717) is 10.7 Å². The fraction of sp³-hybridized carbons (Fsp3) is 0.412. The van der Waals surface area contributed by atoms with Crippen LogP contribution in [0.4, 0.5) is 5.69 Å². The molecule has 1 saturated carbocycles. The van der Waals surface area contributed by atoms with E-state index < -0.39 is 28.5 Å². The normalized spacial score (nSPS) is 14.7. The lowest BCUT2D eigenvalue weighted by Crippen LogP contribution is -2.53. The molecule has 43 heavy (non-hydrogen) atoms. The summed E-state index contributed by atoms with van der Waals surface area (Å²) in [4.78, 5) is 29.2. The number of carbonyl (C=O) groups is 2. The molecule has 0 saturated heterocycles. The molecule has 9 heteroatoms. The first-order valence-corrected chi connectivity index (χ1v) is 16.8. The highest BCUT2D eigenvalue weighted by atomic mass is 35.5. The molecule has 1 atom stereocenters. The number of hydrogen-bond acceptors (Lipinski definition) is 4. The summed E-state index contributed by atoms with van der Waals surface area (Å²) in [5.41, 5.74) is 3.10. The summed E-state index contributed by atoms with van der Waals surface area (Å²) in [6, 6.07) is 20.2. The summed E-state index contributed by atoms with van der Waals surface area (Å²) in [6.07, 6.45) is 5.11. The molecular weight excluding hydrogens is 582 g/mol. The first kappa shape index (κ1) is 32.6. The Morgan fingerprint density at radius 3 is 2.19 bits per heavy atom. The minimum atomic E-state index is -4.12. The molecule has 230 valence electrons. The van der Waals surface area contributed by atoms with Crippen molar-refractivity contribution < 1.29 is 18.0 Å². The van der Waals surface area contributed by atoms with Gasteiger partial charge in [0.05, 0.1) is 10.6 Å². The van der Waals surface area contributed by atoms with Crippen molar-refractivity contribution in [1.29, 1.82) is 0 Å². The van der Waals surface area contributed by atoms with E-state index in [2.05, 4.69) is 19.2 Å². The van der Waals surface area contributed by atoms with Crippen molar-refractivity contribution in [3.05, 3.63) is 94.5 Å². The first-order valence-electron chi connectivity index (χ1n) is 15.0. The topological polar surface area (TPSA) is 86.8 Å². The third-order valence-electron chi connectivity index (χ3n) is 8.10. The SMILES string of the molecule is Cc1ccc(S(=O)(=O)N(CC(=O)N(Cc2cccc(Cl)c2)[C@H](C)C(=O)NC2CCCCC2)c2ccc(C(C)C)cc2)cc1. The van der Waals surface area contributed by atoms with E-state index in [9.17, 15) is 18.0 Å². The van der Waals surface area contributed by atoms with Crippen LogP contribution in [0.25, 0.3) is 0 Å². The molecule has 3 aromatic carbocycles. The molecule has 0 heterocycles. The van der Waals surface area contributed by atoms with Gasteiger partial charge in [-0.05, 0) is 80.1 Å². The number of nitrogens with zero attached hydrogens (tertiary/aromatic N) is 2. The molecular formula is C34H42ClN3O4S. The number of aryl methyl sites for hydroxylation is 1. The number of benzene rings is 3. The fourth-order valence-electron chi connectivity index (χ4n) is 5.38. The zero-order chi connectivity index (χ0) is 31.1. The number of amides is 2. The molecule has 0 aliphatic heterocycles. The van der Waals surface area contributed by atoms with Gasteiger partial charge in [-0.1, -0.05) is 86.7 Å². The van der Waals surface area contributed by atoms with Gasteiger partial charge in [-0.2, -0.15) is 0 Å². The van der Waals surface area contributed by atoms with Crippen LogP contribution in [0, 0.1) is 6.92 Å². The van der Waals surface area contributed by atoms with Gasteiger partial charge in [0.25, 0.3) is 10.0 Å². The number of sulfonamides is 1. The van der Waals surface area contributed by atoms with E-state index in [1.165, 1.54) is 4.90 Å². The molecule has 0 bridgehead atoms. The maximum absolute atomic E-state index is 14.2. The highest BCUT2D eigenvalue weighted by Gasteiger charge is 2.33. The van der Waals surface area contributed by atoms with Crippen LogP contribution in [-0.2, 0) is 26.2 Å². The minimum absolute atomic E-state index is 0.0738. The predicted octanol–water partition coefficient (Wildman–Crippen LogP) is 6.83. The van der Waals surface area contributed by atoms with Crippen molar-refractivity contribution in [2.75, 3.05) is 10.8 Å². The maximum atomic E-state index is 14.2. The predicted molar refractivity (Wildman–Crippen MR) is 173 cm³/mol. The van der Waals surface area contributed by atoms with Gasteiger partial charge in [-0.25, -0.2) is 8.42 Å². The van der Waals surface area contributed by atoms with Gasteiger partial charge in [0.2, 0.25) is 11.8 Å². The second kappa shape index (κ2) is 14.4. The van der Waals surface area contributed by atoms with Crippen molar-refractivity contribution in [3.63, 3.8) is 0 Å². The van der Waals surface area contributed by atoms with E-state index in [1.54, 1.807) is 61.5 Å². The molecule has 7 nitrogen and oxygen atoms in total. The lowest BCUT2D eigenvalue weighted by Gasteiger charge is -2.33. The smallest absolute Gasteiger partial charge is 0.264 e. The Bertz CT molecular complexity index is 1500. The average molecular weight is 624 g/mol. The minimum Gasteiger partial charge on any atom is -0.352 e. The van der Waals surface area contributed by atoms with Gasteiger partial charge in [0.1, 0.15) is 12.6 Å². The molecule has 2 amide bonds. The number of carbonyl (C=O) groups excluding carboxylic acids is 2. The number of nitrogens with one attached hydrogen (secondary N) is 1. The van der Waals surface area contributed by atoms with E-state index >= 15 is 0 Å². The zero-order valence-electron chi connectivity index (χ0n) is 25.4. The second-order valence-corrected chi connectivity index (χ2v) is 14.0.